The van der Waals surface area contributed by atoms with E-state index in [1.54, 1.807) is 24.3 Å². The Kier molecular flexibility index (Phi) is 5.97. The van der Waals surface area contributed by atoms with Gasteiger partial charge in [-0.3, -0.25) is 29.0 Å². The summed E-state index contributed by atoms with van der Waals surface area (Å²) in [6.45, 7) is 4.71. The molecule has 1 atom stereocenters. The lowest BCUT2D eigenvalue weighted by atomic mass is 9.85. The van der Waals surface area contributed by atoms with Gasteiger partial charge in [-0.15, -0.1) is 0 Å². The van der Waals surface area contributed by atoms with Crippen LogP contribution in [-0.4, -0.2) is 46.5 Å². The molecule has 4 amide bonds. The Balaban J connectivity index is 1.52. The van der Waals surface area contributed by atoms with Crippen LogP contribution in [0.1, 0.15) is 92.4 Å². The summed E-state index contributed by atoms with van der Waals surface area (Å²) in [7, 11) is 0. The molecule has 2 heterocycles. The van der Waals surface area contributed by atoms with Crippen LogP contribution in [0.2, 0.25) is 0 Å². The molecule has 0 radical (unpaired) electrons. The molecule has 0 aromatic heterocycles. The molecule has 178 valence electrons. The van der Waals surface area contributed by atoms with Crippen molar-refractivity contribution in [1.82, 2.24) is 9.80 Å². The number of benzene rings is 3. The van der Waals surface area contributed by atoms with Crippen molar-refractivity contribution in [2.24, 2.45) is 0 Å². The summed E-state index contributed by atoms with van der Waals surface area (Å²) in [5.41, 5.74) is 2.51. The van der Waals surface area contributed by atoms with Gasteiger partial charge in [-0.2, -0.15) is 0 Å². The maximum atomic E-state index is 13.5. The third kappa shape index (κ3) is 3.73. The van der Waals surface area contributed by atoms with E-state index in [0.29, 0.717) is 39.6 Å². The molecule has 0 spiro atoms. The van der Waals surface area contributed by atoms with E-state index in [4.69, 9.17) is 0 Å². The molecule has 0 unspecified atom stereocenters. The first-order chi connectivity index (χ1) is 16.9. The van der Waals surface area contributed by atoms with Crippen LogP contribution in [0.3, 0.4) is 0 Å². The summed E-state index contributed by atoms with van der Waals surface area (Å²) in [6, 6.07) is 16.3. The van der Waals surface area contributed by atoms with Gasteiger partial charge in [-0.1, -0.05) is 63.4 Å². The fourth-order valence-corrected chi connectivity index (χ4v) is 5.20. The largest absolute Gasteiger partial charge is 0.274 e. The first-order valence-electron chi connectivity index (χ1n) is 12.3. The molecule has 2 aliphatic rings. The molecule has 0 fully saturated rings. The second-order valence-electron chi connectivity index (χ2n) is 9.43. The zero-order valence-corrected chi connectivity index (χ0v) is 20.0. The third-order valence-electron chi connectivity index (χ3n) is 7.12. The molecule has 0 N–H and O–H groups in total. The van der Waals surface area contributed by atoms with Gasteiger partial charge in [0.05, 0.1) is 0 Å². The van der Waals surface area contributed by atoms with E-state index >= 15 is 0 Å². The van der Waals surface area contributed by atoms with Crippen LogP contribution < -0.4 is 0 Å². The lowest BCUT2D eigenvalue weighted by molar-refractivity contribution is 0.0583. The molecule has 2 aliphatic heterocycles. The second-order valence-corrected chi connectivity index (χ2v) is 9.43. The van der Waals surface area contributed by atoms with Crippen LogP contribution in [0, 0.1) is 0 Å². The van der Waals surface area contributed by atoms with Gasteiger partial charge in [0.25, 0.3) is 23.6 Å². The number of nitrogens with zero attached hydrogens (tertiary/aromatic N) is 2. The van der Waals surface area contributed by atoms with Crippen LogP contribution in [-0.2, 0) is 0 Å². The van der Waals surface area contributed by atoms with Gasteiger partial charge in [0.2, 0.25) is 0 Å². The van der Waals surface area contributed by atoms with E-state index in [-0.39, 0.29) is 24.3 Å². The van der Waals surface area contributed by atoms with Crippen molar-refractivity contribution < 1.29 is 19.2 Å². The molecule has 0 aliphatic carbocycles. The highest BCUT2D eigenvalue weighted by Crippen LogP contribution is 2.38. The van der Waals surface area contributed by atoms with Crippen molar-refractivity contribution in [3.05, 3.63) is 82.4 Å². The van der Waals surface area contributed by atoms with Crippen LogP contribution in [0.4, 0.5) is 0 Å². The van der Waals surface area contributed by atoms with E-state index < -0.39 is 11.8 Å². The maximum Gasteiger partial charge on any atom is 0.261 e. The topological polar surface area (TPSA) is 74.8 Å². The standard InChI is InChI=1S/C29H28N2O4/c1-3-4-5-9-16-30-26(32)20-12-14-22-25-23(15-13-21(24(20)25)27(30)33)29(35)31(28(22)34)17-18(2)19-10-7-6-8-11-19/h6-8,10-15,18H,3-5,9,16-17H2,1-2H3/t18-/m1/s1. The number of hydrogen-bond donors (Lipinski definition) is 0. The summed E-state index contributed by atoms with van der Waals surface area (Å²) in [5, 5.41) is 0.850. The molecule has 0 bridgehead atoms. The third-order valence-corrected chi connectivity index (χ3v) is 7.12. The van der Waals surface area contributed by atoms with E-state index in [2.05, 4.69) is 6.92 Å². The predicted octanol–water partition coefficient (Wildman–Crippen LogP) is 5.42. The van der Waals surface area contributed by atoms with E-state index in [0.717, 1.165) is 31.2 Å². The lowest BCUT2D eigenvalue weighted by Crippen LogP contribution is -2.44. The lowest BCUT2D eigenvalue weighted by Gasteiger charge is -2.32. The molecule has 3 aromatic carbocycles. The smallest absolute Gasteiger partial charge is 0.261 e. The van der Waals surface area contributed by atoms with Gasteiger partial charge in [0, 0.05) is 46.1 Å². The summed E-state index contributed by atoms with van der Waals surface area (Å²) >= 11 is 0. The highest BCUT2D eigenvalue weighted by molar-refractivity contribution is 6.33. The Morgan fingerprint density at radius 1 is 0.629 bits per heavy atom. The molecular weight excluding hydrogens is 440 g/mol. The van der Waals surface area contributed by atoms with Gasteiger partial charge in [0.1, 0.15) is 0 Å². The number of carbonyl (C=O) groups is 4. The van der Waals surface area contributed by atoms with Crippen molar-refractivity contribution in [2.45, 2.75) is 45.4 Å². The average Bonchev–Trinajstić information content (AvgIpc) is 2.88. The number of hydrogen-bond acceptors (Lipinski definition) is 4. The normalized spacial score (nSPS) is 15.8. The fourth-order valence-electron chi connectivity index (χ4n) is 5.20. The highest BCUT2D eigenvalue weighted by Gasteiger charge is 2.39. The zero-order valence-electron chi connectivity index (χ0n) is 20.0. The van der Waals surface area contributed by atoms with Crippen molar-refractivity contribution in [1.29, 1.82) is 0 Å². The SMILES string of the molecule is CCCCCCN1C(=O)c2ccc3c4c(ccc(c24)C1=O)C(=O)N(C[C@@H](C)c1ccccc1)C3=O. The van der Waals surface area contributed by atoms with Crippen molar-refractivity contribution >= 4 is 34.4 Å². The van der Waals surface area contributed by atoms with Gasteiger partial charge >= 0.3 is 0 Å². The molecule has 35 heavy (non-hydrogen) atoms. The van der Waals surface area contributed by atoms with Crippen LogP contribution >= 0.6 is 0 Å². The first kappa shape index (κ1) is 23.0. The summed E-state index contributed by atoms with van der Waals surface area (Å²) in [5.74, 6) is -1.54. The molecule has 5 rings (SSSR count). The molecule has 3 aromatic rings. The van der Waals surface area contributed by atoms with Crippen LogP contribution in [0.5, 0.6) is 0 Å². The predicted molar refractivity (Wildman–Crippen MR) is 134 cm³/mol. The Hall–Kier alpha value is -3.80. The molecule has 0 saturated heterocycles. The number of unbranched alkanes of at least 4 members (excludes halogenated alkanes) is 3. The van der Waals surface area contributed by atoms with Gasteiger partial charge in [0.15, 0.2) is 0 Å². The maximum absolute atomic E-state index is 13.5. The van der Waals surface area contributed by atoms with Gasteiger partial charge in [-0.25, -0.2) is 0 Å². The number of rotatable bonds is 8. The molecule has 6 nitrogen and oxygen atoms in total. The number of imide groups is 2. The minimum absolute atomic E-state index is 0.0389. The Morgan fingerprint density at radius 3 is 1.60 bits per heavy atom. The van der Waals surface area contributed by atoms with E-state index in [1.807, 2.05) is 37.3 Å². The van der Waals surface area contributed by atoms with E-state index in [9.17, 15) is 19.2 Å². The quantitative estimate of drug-likeness (QED) is 0.327. The second kappa shape index (κ2) is 9.10. The molecule has 6 heteroatoms. The van der Waals surface area contributed by atoms with Gasteiger partial charge < -0.3 is 0 Å². The number of amides is 4. The minimum Gasteiger partial charge on any atom is -0.274 e. The van der Waals surface area contributed by atoms with Crippen LogP contribution in [0.25, 0.3) is 10.8 Å². The first-order valence-corrected chi connectivity index (χ1v) is 12.3. The monoisotopic (exact) mass is 468 g/mol. The summed E-state index contributed by atoms with van der Waals surface area (Å²) < 4.78 is 0. The van der Waals surface area contributed by atoms with Crippen LogP contribution in [0.15, 0.2) is 54.6 Å². The minimum atomic E-state index is -0.393. The average molecular weight is 469 g/mol. The van der Waals surface area contributed by atoms with Crippen molar-refractivity contribution in [2.75, 3.05) is 13.1 Å². The Morgan fingerprint density at radius 2 is 1.11 bits per heavy atom. The van der Waals surface area contributed by atoms with Crippen molar-refractivity contribution in [3.63, 3.8) is 0 Å². The Bertz CT molecular complexity index is 1290. The van der Waals surface area contributed by atoms with Crippen molar-refractivity contribution in [3.8, 4) is 0 Å². The zero-order chi connectivity index (χ0) is 24.7. The summed E-state index contributed by atoms with van der Waals surface area (Å²) in [4.78, 5) is 56.0. The van der Waals surface area contributed by atoms with E-state index in [1.165, 1.54) is 9.80 Å². The number of carbonyl (C=O) groups excluding carboxylic acids is 4. The summed E-state index contributed by atoms with van der Waals surface area (Å²) in [6.07, 6.45) is 3.83. The molecule has 0 saturated carbocycles. The molecular formula is C29H28N2O4. The highest BCUT2D eigenvalue weighted by atomic mass is 16.2. The fraction of sp³-hybridized carbons (Fsp3) is 0.310. The Labute approximate surface area is 204 Å². The van der Waals surface area contributed by atoms with Gasteiger partial charge in [-0.05, 0) is 42.2 Å².